The average Bonchev–Trinajstić information content (AvgIpc) is 3.26. The summed E-state index contributed by atoms with van der Waals surface area (Å²) in [5, 5.41) is 98.1. The van der Waals surface area contributed by atoms with Gasteiger partial charge in [-0.15, -0.1) is 0 Å². The van der Waals surface area contributed by atoms with Crippen LogP contribution in [-0.2, 0) is 34.0 Å². The number of nitrogens with zero attached hydrogens (tertiary/aromatic N) is 3. The van der Waals surface area contributed by atoms with E-state index in [1.807, 2.05) is 0 Å². The van der Waals surface area contributed by atoms with Crippen LogP contribution in [0.4, 0.5) is 17.1 Å². The number of anilines is 3. The zero-order chi connectivity index (χ0) is 42.0. The fraction of sp³-hybridized carbons (Fsp3) is 0.462. The molecule has 1 heterocycles. The molecule has 0 bridgehead atoms. The van der Waals surface area contributed by atoms with E-state index in [4.69, 9.17) is 0 Å². The van der Waals surface area contributed by atoms with Crippen LogP contribution in [0.5, 0.6) is 17.2 Å². The van der Waals surface area contributed by atoms with Crippen LogP contribution in [0.1, 0.15) is 33.4 Å². The second-order valence-corrected chi connectivity index (χ2v) is 14.4. The van der Waals surface area contributed by atoms with Crippen molar-refractivity contribution >= 4 is 34.8 Å². The van der Waals surface area contributed by atoms with Gasteiger partial charge in [-0.3, -0.25) is 29.1 Å². The number of amides is 3. The van der Waals surface area contributed by atoms with Crippen LogP contribution in [0, 0.1) is 20.8 Å². The Labute approximate surface area is 330 Å². The number of carbonyl (C=O) groups excluding carboxylic acids is 3. The third-order valence-electron chi connectivity index (χ3n) is 9.58. The molecule has 3 atom stereocenters. The number of nitrogens with one attached hydrogen (secondary N) is 3. The van der Waals surface area contributed by atoms with E-state index in [1.165, 1.54) is 0 Å². The number of aryl methyl sites for hydroxylation is 3. The summed E-state index contributed by atoms with van der Waals surface area (Å²) in [4.78, 5) is 43.3. The van der Waals surface area contributed by atoms with Crippen molar-refractivity contribution in [3.8, 4) is 17.2 Å². The zero-order valence-electron chi connectivity index (χ0n) is 32.3. The van der Waals surface area contributed by atoms with E-state index in [2.05, 4.69) is 30.7 Å². The number of aliphatic hydroxyl groups is 6. The molecule has 0 aliphatic carbocycles. The minimum Gasteiger partial charge on any atom is -0.505 e. The number of phenolic OH excluding ortho intramolecular Hbond substituents is 3. The first-order valence-electron chi connectivity index (χ1n) is 18.5. The predicted molar refractivity (Wildman–Crippen MR) is 210 cm³/mol. The van der Waals surface area contributed by atoms with Crippen molar-refractivity contribution < 1.29 is 60.3 Å². The summed E-state index contributed by atoms with van der Waals surface area (Å²) in [5.74, 6) is -3.25. The molecule has 57 heavy (non-hydrogen) atoms. The van der Waals surface area contributed by atoms with Gasteiger partial charge in [0.15, 0.2) is 18.3 Å². The number of aromatic hydroxyl groups is 3. The third-order valence-corrected chi connectivity index (χ3v) is 9.58. The smallest absolute Gasteiger partial charge is 0.255 e. The number of hydrogen-bond donors (Lipinski definition) is 12. The Morgan fingerprint density at radius 1 is 0.491 bits per heavy atom. The van der Waals surface area contributed by atoms with Crippen molar-refractivity contribution in [3.63, 3.8) is 0 Å². The van der Waals surface area contributed by atoms with Crippen LogP contribution in [0.25, 0.3) is 0 Å². The van der Waals surface area contributed by atoms with Gasteiger partial charge in [-0.05, 0) is 55.7 Å². The number of phenols is 3. The van der Waals surface area contributed by atoms with E-state index in [0.29, 0.717) is 56.0 Å². The molecule has 0 saturated carbocycles. The van der Waals surface area contributed by atoms with Gasteiger partial charge in [-0.1, -0.05) is 18.2 Å². The van der Waals surface area contributed by atoms with Crippen LogP contribution >= 0.6 is 0 Å². The average molecular weight is 799 g/mol. The van der Waals surface area contributed by atoms with E-state index in [0.717, 1.165) is 16.7 Å². The number of rotatable bonds is 15. The summed E-state index contributed by atoms with van der Waals surface area (Å²) in [6.45, 7) is 6.54. The van der Waals surface area contributed by atoms with Crippen molar-refractivity contribution in [1.29, 1.82) is 0 Å². The lowest BCUT2D eigenvalue weighted by molar-refractivity contribution is -0.126. The SMILES string of the molecule is Cc1cc(CN2CCN(Cc3cc(C)cc(NC(=O)C(O)CO)c3O)CCN(Cc3cc(C)cc(NC(=O)C(O)CO)c3O)CC2)c(O)c(NC(=O)C(O)CO)c1. The van der Waals surface area contributed by atoms with Crippen LogP contribution in [0.2, 0.25) is 0 Å². The number of carbonyl (C=O) groups is 3. The topological polar surface area (TPSA) is 279 Å². The van der Waals surface area contributed by atoms with Crippen molar-refractivity contribution in [1.82, 2.24) is 14.7 Å². The molecule has 4 rings (SSSR count). The highest BCUT2D eigenvalue weighted by atomic mass is 16.3. The lowest BCUT2D eigenvalue weighted by atomic mass is 10.1. The number of aliphatic hydroxyl groups excluding tert-OH is 6. The Kier molecular flexibility index (Phi) is 16.1. The fourth-order valence-corrected chi connectivity index (χ4v) is 6.49. The molecule has 0 spiro atoms. The van der Waals surface area contributed by atoms with Crippen molar-refractivity contribution in [2.45, 2.75) is 58.7 Å². The third kappa shape index (κ3) is 12.3. The summed E-state index contributed by atoms with van der Waals surface area (Å²) < 4.78 is 0. The zero-order valence-corrected chi connectivity index (χ0v) is 32.3. The Morgan fingerprint density at radius 3 is 0.930 bits per heavy atom. The quantitative estimate of drug-likeness (QED) is 0.0858. The second-order valence-electron chi connectivity index (χ2n) is 14.4. The first-order chi connectivity index (χ1) is 27.0. The molecule has 312 valence electrons. The second kappa shape index (κ2) is 20.5. The molecule has 3 unspecified atom stereocenters. The van der Waals surface area contributed by atoms with Gasteiger partial charge >= 0.3 is 0 Å². The first kappa shape index (κ1) is 44.8. The predicted octanol–water partition coefficient (Wildman–Crippen LogP) is -0.576. The molecule has 1 aliphatic rings. The maximum Gasteiger partial charge on any atom is 0.255 e. The van der Waals surface area contributed by atoms with Gasteiger partial charge in [0.1, 0.15) is 17.2 Å². The molecule has 18 nitrogen and oxygen atoms in total. The molecule has 0 radical (unpaired) electrons. The van der Waals surface area contributed by atoms with Gasteiger partial charge in [-0.25, -0.2) is 0 Å². The van der Waals surface area contributed by atoms with Gasteiger partial charge in [-0.2, -0.15) is 0 Å². The summed E-state index contributed by atoms with van der Waals surface area (Å²) >= 11 is 0. The molecular formula is C39H54N6O12. The van der Waals surface area contributed by atoms with Gasteiger partial charge in [0, 0.05) is 75.6 Å². The number of benzene rings is 3. The summed E-state index contributed by atoms with van der Waals surface area (Å²) in [6.07, 6.45) is -5.03. The standard InChI is InChI=1S/C39H54N6O12/c1-22-10-25(34(52)28(13-22)40-37(55)31(49)19-46)16-43-4-6-44(17-26-11-23(2)14-29(35(26)53)41-38(56)32(50)20-47)8-9-45(7-5-43)18-27-12-24(3)15-30(36(27)54)42-39(57)33(51)21-48/h10-15,31-33,46-54H,4-9,16-21H2,1-3H3,(H,40,55)(H,41,56)(H,42,57). The molecule has 3 amide bonds. The van der Waals surface area contributed by atoms with Crippen molar-refractivity contribution in [2.24, 2.45) is 0 Å². The Balaban J connectivity index is 1.65. The Morgan fingerprint density at radius 2 is 0.719 bits per heavy atom. The summed E-state index contributed by atoms with van der Waals surface area (Å²) in [5.41, 5.74) is 3.85. The minimum atomic E-state index is -1.68. The minimum absolute atomic E-state index is 0.0728. The van der Waals surface area contributed by atoms with Crippen molar-refractivity contribution in [2.75, 3.05) is 75.0 Å². The lowest BCUT2D eigenvalue weighted by Crippen LogP contribution is -2.35. The monoisotopic (exact) mass is 798 g/mol. The van der Waals surface area contributed by atoms with Crippen molar-refractivity contribution in [3.05, 3.63) is 69.8 Å². The van der Waals surface area contributed by atoms with E-state index < -0.39 is 55.9 Å². The van der Waals surface area contributed by atoms with E-state index >= 15 is 0 Å². The maximum absolute atomic E-state index is 12.4. The summed E-state index contributed by atoms with van der Waals surface area (Å²) in [6, 6.07) is 9.98. The molecule has 0 aromatic heterocycles. The van der Waals surface area contributed by atoms with Crippen LogP contribution in [-0.4, -0.2) is 156 Å². The summed E-state index contributed by atoms with van der Waals surface area (Å²) in [7, 11) is 0. The van der Waals surface area contributed by atoms with Gasteiger partial charge < -0.3 is 61.9 Å². The van der Waals surface area contributed by atoms with Crippen LogP contribution in [0.15, 0.2) is 36.4 Å². The first-order valence-corrected chi connectivity index (χ1v) is 18.5. The molecule has 1 saturated heterocycles. The van der Waals surface area contributed by atoms with Gasteiger partial charge in [0.05, 0.1) is 36.9 Å². The van der Waals surface area contributed by atoms with E-state index in [9.17, 15) is 60.3 Å². The largest absolute Gasteiger partial charge is 0.505 e. The highest BCUT2D eigenvalue weighted by Gasteiger charge is 2.24. The maximum atomic E-state index is 12.4. The number of hydrogen-bond acceptors (Lipinski definition) is 15. The molecule has 1 aliphatic heterocycles. The van der Waals surface area contributed by atoms with Gasteiger partial charge in [0.2, 0.25) is 0 Å². The Bertz CT molecular complexity index is 1670. The molecule has 1 fully saturated rings. The fourth-order valence-electron chi connectivity index (χ4n) is 6.49. The molecule has 18 heteroatoms. The molecule has 12 N–H and O–H groups in total. The molecule has 3 aromatic carbocycles. The van der Waals surface area contributed by atoms with Crippen LogP contribution in [0.3, 0.4) is 0 Å². The highest BCUT2D eigenvalue weighted by Crippen LogP contribution is 2.34. The van der Waals surface area contributed by atoms with Gasteiger partial charge in [0.25, 0.3) is 17.7 Å². The molecule has 3 aromatic rings. The molecular weight excluding hydrogens is 744 g/mol. The van der Waals surface area contributed by atoms with E-state index in [1.54, 1.807) is 57.2 Å². The Hall–Kier alpha value is -4.89. The normalized spacial score (nSPS) is 16.2. The highest BCUT2D eigenvalue weighted by molar-refractivity contribution is 5.97. The van der Waals surface area contributed by atoms with Crippen LogP contribution < -0.4 is 16.0 Å². The lowest BCUT2D eigenvalue weighted by Gasteiger charge is -2.27. The van der Waals surface area contributed by atoms with E-state index in [-0.39, 0.29) is 53.9 Å².